The van der Waals surface area contributed by atoms with E-state index in [1.165, 1.54) is 44.9 Å². The molecule has 2 atom stereocenters. The summed E-state index contributed by atoms with van der Waals surface area (Å²) < 4.78 is 6.12. The van der Waals surface area contributed by atoms with Crippen LogP contribution in [0.5, 0.6) is 0 Å². The van der Waals surface area contributed by atoms with Crippen LogP contribution in [0.25, 0.3) is 0 Å². The largest absolute Gasteiger partial charge is 0.441 e. The molecule has 0 aromatic heterocycles. The predicted molar refractivity (Wildman–Crippen MR) is 151 cm³/mol. The third-order valence-electron chi connectivity index (χ3n) is 10.2. The number of hydrogen-bond acceptors (Lipinski definition) is 4. The zero-order valence-electron chi connectivity index (χ0n) is 24.1. The highest BCUT2D eigenvalue weighted by atomic mass is 16.6. The lowest BCUT2D eigenvalue weighted by Gasteiger charge is -2.44. The minimum atomic E-state index is -0.291. The lowest BCUT2D eigenvalue weighted by molar-refractivity contribution is -0.0175. The van der Waals surface area contributed by atoms with Crippen LogP contribution in [-0.4, -0.2) is 77.6 Å². The molecule has 4 aliphatic rings. The van der Waals surface area contributed by atoms with Crippen molar-refractivity contribution in [3.8, 4) is 0 Å². The molecule has 1 aromatic carbocycles. The molecule has 3 saturated heterocycles. The summed E-state index contributed by atoms with van der Waals surface area (Å²) in [5.41, 5.74) is 2.72. The molecule has 3 aliphatic heterocycles. The number of unbranched alkanes of at least 4 members (excludes halogenated alkanes) is 1. The molecule has 2 unspecified atom stereocenters. The Labute approximate surface area is 230 Å². The maximum Gasteiger partial charge on any atom is 0.410 e. The van der Waals surface area contributed by atoms with Crippen LogP contribution in [0.2, 0.25) is 0 Å². The molecule has 1 saturated carbocycles. The van der Waals surface area contributed by atoms with E-state index in [2.05, 4.69) is 16.7 Å². The Morgan fingerprint density at radius 2 is 1.63 bits per heavy atom. The van der Waals surface area contributed by atoms with E-state index in [0.29, 0.717) is 12.0 Å². The van der Waals surface area contributed by atoms with Crippen LogP contribution in [0, 0.1) is 25.7 Å². The summed E-state index contributed by atoms with van der Waals surface area (Å²) in [6.07, 6.45) is 13.0. The van der Waals surface area contributed by atoms with Crippen LogP contribution in [0.4, 0.5) is 4.79 Å². The molecule has 6 nitrogen and oxygen atoms in total. The highest BCUT2D eigenvalue weighted by Gasteiger charge is 2.48. The van der Waals surface area contributed by atoms with Crippen molar-refractivity contribution in [1.82, 2.24) is 14.7 Å². The Morgan fingerprint density at radius 1 is 0.974 bits per heavy atom. The Kier molecular flexibility index (Phi) is 8.66. The van der Waals surface area contributed by atoms with Gasteiger partial charge in [-0.1, -0.05) is 63.6 Å². The van der Waals surface area contributed by atoms with Gasteiger partial charge in [0.05, 0.1) is 6.54 Å². The van der Waals surface area contributed by atoms with Crippen molar-refractivity contribution < 1.29 is 14.3 Å². The van der Waals surface area contributed by atoms with E-state index in [4.69, 9.17) is 4.74 Å². The molecule has 210 valence electrons. The molecular formula is C32H49N3O3. The summed E-state index contributed by atoms with van der Waals surface area (Å²) >= 11 is 0. The van der Waals surface area contributed by atoms with Gasteiger partial charge >= 0.3 is 6.09 Å². The Balaban J connectivity index is 1.10. The average molecular weight is 524 g/mol. The number of aryl methyl sites for hydroxylation is 2. The number of carbonyl (C=O) groups excluding carboxylic acids is 2. The topological polar surface area (TPSA) is 53.1 Å². The molecule has 38 heavy (non-hydrogen) atoms. The van der Waals surface area contributed by atoms with Crippen molar-refractivity contribution in [2.24, 2.45) is 11.8 Å². The first kappa shape index (κ1) is 27.5. The normalized spacial score (nSPS) is 26.7. The van der Waals surface area contributed by atoms with Gasteiger partial charge in [0.2, 0.25) is 0 Å². The molecule has 0 N–H and O–H groups in total. The molecule has 6 heteroatoms. The third kappa shape index (κ3) is 5.90. The maximum absolute atomic E-state index is 13.2. The number of amides is 2. The van der Waals surface area contributed by atoms with Gasteiger partial charge in [0.15, 0.2) is 0 Å². The maximum atomic E-state index is 13.2. The number of nitrogens with zero attached hydrogens (tertiary/aromatic N) is 3. The van der Waals surface area contributed by atoms with E-state index in [-0.39, 0.29) is 17.6 Å². The molecule has 5 rings (SSSR count). The standard InChI is InChI=1S/C32H49N3O3/c1-4-5-11-26-12-6-7-13-27(26)22-35-23-32(38-31(35)37)16-20-33(21-17-32)28-14-18-34(19-15-28)30(36)29-24(2)9-8-10-25(29)3/h8-10,26-28H,4-7,11-23H2,1-3H3. The quantitative estimate of drug-likeness (QED) is 0.428. The fourth-order valence-electron chi connectivity index (χ4n) is 7.79. The van der Waals surface area contributed by atoms with Gasteiger partial charge in [0.25, 0.3) is 5.91 Å². The minimum Gasteiger partial charge on any atom is -0.441 e. The van der Waals surface area contributed by atoms with Gasteiger partial charge in [-0.2, -0.15) is 0 Å². The number of carbonyl (C=O) groups is 2. The SMILES string of the molecule is CCCCC1CCCCC1CN1CC2(CCN(C3CCN(C(=O)c4c(C)cccc4C)CC3)CC2)OC1=O. The lowest BCUT2D eigenvalue weighted by Crippen LogP contribution is -2.53. The van der Waals surface area contributed by atoms with Gasteiger partial charge < -0.3 is 14.5 Å². The van der Waals surface area contributed by atoms with Gasteiger partial charge in [0.1, 0.15) is 5.60 Å². The second-order valence-electron chi connectivity index (χ2n) is 12.7. The molecule has 4 fully saturated rings. The molecule has 0 bridgehead atoms. The van der Waals surface area contributed by atoms with Crippen LogP contribution in [-0.2, 0) is 4.74 Å². The number of rotatable bonds is 7. The van der Waals surface area contributed by atoms with E-state index in [1.807, 2.05) is 36.9 Å². The van der Waals surface area contributed by atoms with E-state index < -0.39 is 0 Å². The summed E-state index contributed by atoms with van der Waals surface area (Å²) in [4.78, 5) is 32.9. The molecular weight excluding hydrogens is 474 g/mol. The lowest BCUT2D eigenvalue weighted by atomic mass is 9.76. The number of benzene rings is 1. The average Bonchev–Trinajstić information content (AvgIpc) is 3.22. The zero-order valence-corrected chi connectivity index (χ0v) is 24.1. The first-order chi connectivity index (χ1) is 18.4. The van der Waals surface area contributed by atoms with E-state index in [9.17, 15) is 9.59 Å². The number of likely N-dealkylation sites (tertiary alicyclic amines) is 2. The van der Waals surface area contributed by atoms with Crippen LogP contribution >= 0.6 is 0 Å². The first-order valence-corrected chi connectivity index (χ1v) is 15.5. The minimum absolute atomic E-state index is 0.0726. The smallest absolute Gasteiger partial charge is 0.410 e. The zero-order chi connectivity index (χ0) is 26.7. The number of piperidine rings is 2. The summed E-state index contributed by atoms with van der Waals surface area (Å²) in [6, 6.07) is 6.61. The van der Waals surface area contributed by atoms with Crippen molar-refractivity contribution in [2.75, 3.05) is 39.3 Å². The summed E-state index contributed by atoms with van der Waals surface area (Å²) in [5, 5.41) is 0. The summed E-state index contributed by atoms with van der Waals surface area (Å²) in [5.74, 6) is 1.61. The van der Waals surface area contributed by atoms with Gasteiger partial charge in [-0.25, -0.2) is 4.79 Å². The molecule has 1 aromatic rings. The molecule has 0 radical (unpaired) electrons. The first-order valence-electron chi connectivity index (χ1n) is 15.5. The van der Waals surface area contributed by atoms with E-state index in [0.717, 1.165) is 87.6 Å². The van der Waals surface area contributed by atoms with Gasteiger partial charge in [-0.3, -0.25) is 9.69 Å². The number of hydrogen-bond donors (Lipinski definition) is 0. The predicted octanol–water partition coefficient (Wildman–Crippen LogP) is 6.19. The molecule has 2 amide bonds. The molecule has 1 aliphatic carbocycles. The van der Waals surface area contributed by atoms with E-state index >= 15 is 0 Å². The second kappa shape index (κ2) is 12.0. The van der Waals surface area contributed by atoms with Gasteiger partial charge in [0, 0.05) is 57.2 Å². The van der Waals surface area contributed by atoms with E-state index in [1.54, 1.807) is 0 Å². The molecule has 3 heterocycles. The highest BCUT2D eigenvalue weighted by Crippen LogP contribution is 2.39. The van der Waals surface area contributed by atoms with Crippen LogP contribution in [0.1, 0.15) is 99.0 Å². The third-order valence-corrected chi connectivity index (χ3v) is 10.2. The van der Waals surface area contributed by atoms with Crippen molar-refractivity contribution in [2.45, 2.75) is 103 Å². The van der Waals surface area contributed by atoms with Crippen LogP contribution < -0.4 is 0 Å². The van der Waals surface area contributed by atoms with Crippen molar-refractivity contribution in [3.05, 3.63) is 34.9 Å². The van der Waals surface area contributed by atoms with Crippen LogP contribution in [0.15, 0.2) is 18.2 Å². The van der Waals surface area contributed by atoms with Crippen LogP contribution in [0.3, 0.4) is 0 Å². The van der Waals surface area contributed by atoms with Crippen molar-refractivity contribution in [1.29, 1.82) is 0 Å². The fraction of sp³-hybridized carbons (Fsp3) is 0.750. The highest BCUT2D eigenvalue weighted by molar-refractivity contribution is 5.97. The Morgan fingerprint density at radius 3 is 2.29 bits per heavy atom. The van der Waals surface area contributed by atoms with Crippen molar-refractivity contribution in [3.63, 3.8) is 0 Å². The summed E-state index contributed by atoms with van der Waals surface area (Å²) in [7, 11) is 0. The van der Waals surface area contributed by atoms with Crippen molar-refractivity contribution >= 4 is 12.0 Å². The monoisotopic (exact) mass is 523 g/mol. The second-order valence-corrected chi connectivity index (χ2v) is 12.7. The Hall–Kier alpha value is -2.08. The fourth-order valence-corrected chi connectivity index (χ4v) is 7.79. The van der Waals surface area contributed by atoms with Gasteiger partial charge in [-0.15, -0.1) is 0 Å². The molecule has 1 spiro atoms. The summed E-state index contributed by atoms with van der Waals surface area (Å²) in [6.45, 7) is 11.6. The Bertz CT molecular complexity index is 958. The van der Waals surface area contributed by atoms with Gasteiger partial charge in [-0.05, 0) is 56.1 Å². The number of ether oxygens (including phenoxy) is 1.